The molecule has 0 amide bonds. The highest BCUT2D eigenvalue weighted by Gasteiger charge is 2.62. The van der Waals surface area contributed by atoms with Gasteiger partial charge >= 0.3 is 0 Å². The second-order valence-electron chi connectivity index (χ2n) is 13.7. The molecule has 0 saturated heterocycles. The molecule has 1 N–H and O–H groups in total. The summed E-state index contributed by atoms with van der Waals surface area (Å²) in [6, 6.07) is 2.47. The molecule has 0 aromatic heterocycles. The average molecular weight is 496 g/mol. The zero-order valence-corrected chi connectivity index (χ0v) is 23.0. The van der Waals surface area contributed by atoms with E-state index in [-0.39, 0.29) is 34.6 Å². The van der Waals surface area contributed by atoms with Crippen LogP contribution in [0.1, 0.15) is 117 Å². The number of allylic oxidation sites excluding steroid dienone is 1. The van der Waals surface area contributed by atoms with Gasteiger partial charge in [-0.05, 0) is 106 Å². The van der Waals surface area contributed by atoms with Crippen LogP contribution in [0.4, 0.5) is 0 Å². The first kappa shape index (κ1) is 26.4. The van der Waals surface area contributed by atoms with Crippen molar-refractivity contribution in [1.29, 1.82) is 5.26 Å². The van der Waals surface area contributed by atoms with Crippen molar-refractivity contribution in [1.82, 2.24) is 0 Å². The van der Waals surface area contributed by atoms with Crippen LogP contribution in [0.5, 0.6) is 0 Å². The smallest absolute Gasteiger partial charge is 0.134 e. The average Bonchev–Trinajstić information content (AvgIpc) is 3.60. The normalized spacial score (nSPS) is 44.5. The molecule has 4 heteroatoms. The minimum Gasteiger partial charge on any atom is -0.393 e. The van der Waals surface area contributed by atoms with Gasteiger partial charge in [0.05, 0.1) is 30.3 Å². The van der Waals surface area contributed by atoms with E-state index in [9.17, 15) is 15.2 Å². The second-order valence-corrected chi connectivity index (χ2v) is 13.7. The number of aliphatic hydroxyl groups is 1. The number of Topliss-reactive ketones (excluding diaryl/α,β-unsaturated/α-hetero) is 1. The summed E-state index contributed by atoms with van der Waals surface area (Å²) in [4.78, 5) is 12.4. The van der Waals surface area contributed by atoms with Crippen molar-refractivity contribution in [2.24, 2.45) is 40.4 Å². The van der Waals surface area contributed by atoms with Gasteiger partial charge in [-0.1, -0.05) is 51.2 Å². The minimum absolute atomic E-state index is 0.00325. The third kappa shape index (κ3) is 4.73. The fourth-order valence-electron chi connectivity index (χ4n) is 9.88. The van der Waals surface area contributed by atoms with Gasteiger partial charge in [0.25, 0.3) is 0 Å². The lowest BCUT2D eigenvalue weighted by Gasteiger charge is -2.57. The fraction of sp³-hybridized carbons (Fsp3) is 0.875. The van der Waals surface area contributed by atoms with Crippen LogP contribution < -0.4 is 0 Å². The number of fused-ring (bicyclic) bond motifs is 5. The van der Waals surface area contributed by atoms with Gasteiger partial charge in [0.2, 0.25) is 0 Å². The van der Waals surface area contributed by atoms with E-state index in [1.165, 1.54) is 63.4 Å². The molecular weight excluding hydrogens is 446 g/mol. The number of nitriles is 1. The molecule has 36 heavy (non-hydrogen) atoms. The van der Waals surface area contributed by atoms with E-state index in [1.54, 1.807) is 6.92 Å². The van der Waals surface area contributed by atoms with E-state index in [0.29, 0.717) is 30.0 Å². The summed E-state index contributed by atoms with van der Waals surface area (Å²) < 4.78 is 5.97. The Morgan fingerprint density at radius 3 is 2.22 bits per heavy atom. The molecule has 0 spiro atoms. The number of ether oxygens (including phenoxy) is 1. The highest BCUT2D eigenvalue weighted by Crippen LogP contribution is 2.67. The molecule has 5 fully saturated rings. The van der Waals surface area contributed by atoms with Gasteiger partial charge in [-0.3, -0.25) is 4.79 Å². The van der Waals surface area contributed by atoms with Crippen molar-refractivity contribution in [2.75, 3.05) is 0 Å². The third-order valence-corrected chi connectivity index (χ3v) is 11.7. The quantitative estimate of drug-likeness (QED) is 0.422. The summed E-state index contributed by atoms with van der Waals surface area (Å²) in [7, 11) is 0. The van der Waals surface area contributed by atoms with E-state index in [4.69, 9.17) is 4.74 Å². The second kappa shape index (κ2) is 10.5. The van der Waals surface area contributed by atoms with Crippen LogP contribution in [0.25, 0.3) is 0 Å². The number of ketones is 1. The van der Waals surface area contributed by atoms with Gasteiger partial charge in [-0.25, -0.2) is 0 Å². The Morgan fingerprint density at radius 2 is 1.64 bits per heavy atom. The molecule has 5 saturated carbocycles. The lowest BCUT2D eigenvalue weighted by molar-refractivity contribution is -0.128. The van der Waals surface area contributed by atoms with Crippen molar-refractivity contribution in [3.63, 3.8) is 0 Å². The van der Waals surface area contributed by atoms with Gasteiger partial charge < -0.3 is 9.84 Å². The van der Waals surface area contributed by atoms with Crippen LogP contribution in [0.15, 0.2) is 11.6 Å². The molecule has 6 aliphatic rings. The molecule has 200 valence electrons. The number of nitrogens with zero attached hydrogens (tertiary/aromatic N) is 1. The van der Waals surface area contributed by atoms with Gasteiger partial charge in [0.1, 0.15) is 5.78 Å². The summed E-state index contributed by atoms with van der Waals surface area (Å²) in [5.74, 6) is 1.79. The molecule has 8 atom stereocenters. The van der Waals surface area contributed by atoms with Crippen LogP contribution >= 0.6 is 0 Å². The number of aliphatic hydroxyl groups excluding tert-OH is 1. The van der Waals surface area contributed by atoms with Crippen LogP contribution in [-0.4, -0.2) is 29.2 Å². The van der Waals surface area contributed by atoms with E-state index in [2.05, 4.69) is 26.0 Å². The molecule has 0 radical (unpaired) electrons. The summed E-state index contributed by atoms with van der Waals surface area (Å²) in [5.41, 5.74) is 1.71. The molecule has 0 unspecified atom stereocenters. The molecule has 0 heterocycles. The first-order valence-corrected chi connectivity index (χ1v) is 15.2. The van der Waals surface area contributed by atoms with Crippen LogP contribution in [0, 0.1) is 51.8 Å². The molecule has 0 aromatic rings. The topological polar surface area (TPSA) is 70.3 Å². The number of hydrogen-bond acceptors (Lipinski definition) is 4. The van der Waals surface area contributed by atoms with Crippen molar-refractivity contribution in [2.45, 2.75) is 135 Å². The Bertz CT molecular complexity index is 864. The van der Waals surface area contributed by atoms with Crippen LogP contribution in [-0.2, 0) is 9.53 Å². The van der Waals surface area contributed by atoms with E-state index in [1.807, 2.05) is 0 Å². The summed E-state index contributed by atoms with van der Waals surface area (Å²) in [6.07, 6.45) is 21.5. The van der Waals surface area contributed by atoms with Crippen molar-refractivity contribution in [3.05, 3.63) is 11.6 Å². The Balaban J connectivity index is 0.000000202. The summed E-state index contributed by atoms with van der Waals surface area (Å²) >= 11 is 0. The molecule has 6 rings (SSSR count). The predicted octanol–water partition coefficient (Wildman–Crippen LogP) is 7.15. The minimum atomic E-state index is -0.165. The molecule has 4 nitrogen and oxygen atoms in total. The van der Waals surface area contributed by atoms with Gasteiger partial charge in [0, 0.05) is 5.92 Å². The molecular formula is C32H49NO3. The van der Waals surface area contributed by atoms with E-state index >= 15 is 0 Å². The van der Waals surface area contributed by atoms with E-state index < -0.39 is 0 Å². The fourth-order valence-corrected chi connectivity index (χ4v) is 9.88. The maximum absolute atomic E-state index is 12.4. The number of hydrogen-bond donors (Lipinski definition) is 1. The monoisotopic (exact) mass is 495 g/mol. The lowest BCUT2D eigenvalue weighted by Crippen LogP contribution is -2.51. The molecule has 0 aliphatic heterocycles. The van der Waals surface area contributed by atoms with Gasteiger partial charge in [0.15, 0.2) is 0 Å². The maximum Gasteiger partial charge on any atom is 0.134 e. The standard InChI is InChI=1S/C22H31NO2.C10H18O/c1-13(24)20-14(12-23)10-19-17-5-4-15-11-16(25)6-8-21(15,2)18(17)7-9-22(19,20)3;1-2-6-9(5-1)11-10-7-3-4-8-10/h4,14,16-20,25H,5-11H2,1-3H3;9-10H,1-8H2/t14-,16-,17+,18-,19-,20-,21-,22-;/m0./s1. The first-order valence-electron chi connectivity index (χ1n) is 15.2. The number of carbonyl (C=O) groups is 1. The lowest BCUT2D eigenvalue weighted by atomic mass is 9.47. The van der Waals surface area contributed by atoms with Crippen molar-refractivity contribution in [3.8, 4) is 6.07 Å². The largest absolute Gasteiger partial charge is 0.393 e. The Labute approximate surface area is 219 Å². The summed E-state index contributed by atoms with van der Waals surface area (Å²) in [5, 5.41) is 19.8. The van der Waals surface area contributed by atoms with Gasteiger partial charge in [-0.15, -0.1) is 0 Å². The Hall–Kier alpha value is -1.18. The van der Waals surface area contributed by atoms with Gasteiger partial charge in [-0.2, -0.15) is 5.26 Å². The van der Waals surface area contributed by atoms with Crippen molar-refractivity contribution >= 4 is 5.78 Å². The molecule has 6 aliphatic carbocycles. The number of carbonyl (C=O) groups excluding carboxylic acids is 1. The zero-order valence-electron chi connectivity index (χ0n) is 23.0. The first-order chi connectivity index (χ1) is 17.3. The Kier molecular flexibility index (Phi) is 7.73. The summed E-state index contributed by atoms with van der Waals surface area (Å²) in [6.45, 7) is 6.41. The zero-order chi connectivity index (χ0) is 25.5. The SMILES string of the molecule is C1CCC(OC2CCCC2)C1.CC(=O)[C@H]1[C@H](C#N)C[C@H]2[C@@H]3CC=C4C[C@@H](O)CC[C@]4(C)[C@H]3CC[C@@]21C. The van der Waals surface area contributed by atoms with Crippen molar-refractivity contribution < 1.29 is 14.6 Å². The maximum atomic E-state index is 12.4. The van der Waals surface area contributed by atoms with Crippen LogP contribution in [0.3, 0.4) is 0 Å². The Morgan fingerprint density at radius 1 is 1.00 bits per heavy atom. The molecule has 0 aromatic carbocycles. The predicted molar refractivity (Wildman–Crippen MR) is 142 cm³/mol. The van der Waals surface area contributed by atoms with E-state index in [0.717, 1.165) is 38.5 Å². The highest BCUT2D eigenvalue weighted by molar-refractivity contribution is 5.80. The highest BCUT2D eigenvalue weighted by atomic mass is 16.5. The molecule has 0 bridgehead atoms. The third-order valence-electron chi connectivity index (χ3n) is 11.7. The van der Waals surface area contributed by atoms with Crippen LogP contribution in [0.2, 0.25) is 0 Å². The number of rotatable bonds is 3.